The van der Waals surface area contributed by atoms with Gasteiger partial charge in [0.2, 0.25) is 5.91 Å². The van der Waals surface area contributed by atoms with Crippen LogP contribution in [-0.2, 0) is 4.79 Å². The van der Waals surface area contributed by atoms with Gasteiger partial charge in [0.05, 0.1) is 6.04 Å². The average Bonchev–Trinajstić information content (AvgIpc) is 3.40. The summed E-state index contributed by atoms with van der Waals surface area (Å²) < 4.78 is 0. The Labute approximate surface area is 143 Å². The monoisotopic (exact) mass is 330 g/mol. The molecule has 1 heterocycles. The lowest BCUT2D eigenvalue weighted by molar-refractivity contribution is -0.126. The lowest BCUT2D eigenvalue weighted by Gasteiger charge is -2.37. The number of rotatable bonds is 4. The Morgan fingerprint density at radius 2 is 1.71 bits per heavy atom. The highest BCUT2D eigenvalue weighted by atomic mass is 16.2. The fraction of sp³-hybridized carbons (Fsp3) is 0.556. The first-order valence-corrected chi connectivity index (χ1v) is 8.70. The van der Waals surface area contributed by atoms with E-state index in [0.29, 0.717) is 19.1 Å². The molecular formula is C18H26N4O2. The SMILES string of the molecule is Cc1ccc(NC(=O)N2CCN(C(C)C(=O)NC3CC3)CC2)cc1. The van der Waals surface area contributed by atoms with Gasteiger partial charge in [-0.25, -0.2) is 4.79 Å². The maximum atomic E-state index is 12.3. The van der Waals surface area contributed by atoms with Crippen LogP contribution in [0.4, 0.5) is 10.5 Å². The van der Waals surface area contributed by atoms with E-state index >= 15 is 0 Å². The summed E-state index contributed by atoms with van der Waals surface area (Å²) in [6.07, 6.45) is 2.21. The van der Waals surface area contributed by atoms with Crippen molar-refractivity contribution in [1.29, 1.82) is 0 Å². The highest BCUT2D eigenvalue weighted by molar-refractivity contribution is 5.89. The number of carbonyl (C=O) groups is 2. The normalized spacial score (nSPS) is 19.7. The topological polar surface area (TPSA) is 64.7 Å². The van der Waals surface area contributed by atoms with E-state index in [9.17, 15) is 9.59 Å². The van der Waals surface area contributed by atoms with Crippen molar-refractivity contribution in [2.24, 2.45) is 0 Å². The smallest absolute Gasteiger partial charge is 0.321 e. The number of carbonyl (C=O) groups excluding carboxylic acids is 2. The summed E-state index contributed by atoms with van der Waals surface area (Å²) in [5.74, 6) is 0.107. The summed E-state index contributed by atoms with van der Waals surface area (Å²) in [4.78, 5) is 28.4. The van der Waals surface area contributed by atoms with Gasteiger partial charge in [-0.2, -0.15) is 0 Å². The maximum absolute atomic E-state index is 12.3. The molecule has 6 heteroatoms. The Kier molecular flexibility index (Phi) is 5.04. The van der Waals surface area contributed by atoms with Gasteiger partial charge < -0.3 is 15.5 Å². The molecular weight excluding hydrogens is 304 g/mol. The standard InChI is InChI=1S/C18H26N4O2/c1-13-3-5-16(6-4-13)20-18(24)22-11-9-21(10-12-22)14(2)17(23)19-15-7-8-15/h3-6,14-15H,7-12H2,1-2H3,(H,19,23)(H,20,24). The largest absolute Gasteiger partial charge is 0.352 e. The van der Waals surface area contributed by atoms with Crippen LogP contribution in [0.15, 0.2) is 24.3 Å². The lowest BCUT2D eigenvalue weighted by Crippen LogP contribution is -2.55. The van der Waals surface area contributed by atoms with Crippen molar-refractivity contribution >= 4 is 17.6 Å². The minimum atomic E-state index is -0.132. The van der Waals surface area contributed by atoms with Crippen LogP contribution in [0.2, 0.25) is 0 Å². The van der Waals surface area contributed by atoms with E-state index in [1.807, 2.05) is 43.0 Å². The van der Waals surface area contributed by atoms with Crippen LogP contribution in [0.25, 0.3) is 0 Å². The van der Waals surface area contributed by atoms with Gasteiger partial charge >= 0.3 is 6.03 Å². The van der Waals surface area contributed by atoms with Gasteiger partial charge in [0.1, 0.15) is 0 Å². The molecule has 1 aliphatic heterocycles. The van der Waals surface area contributed by atoms with Crippen LogP contribution in [0, 0.1) is 6.92 Å². The Morgan fingerprint density at radius 3 is 2.29 bits per heavy atom. The van der Waals surface area contributed by atoms with Gasteiger partial charge in [-0.3, -0.25) is 9.69 Å². The predicted octanol–water partition coefficient (Wildman–Crippen LogP) is 1.81. The van der Waals surface area contributed by atoms with E-state index in [1.165, 1.54) is 5.56 Å². The van der Waals surface area contributed by atoms with Gasteiger partial charge in [-0.1, -0.05) is 17.7 Å². The molecule has 3 rings (SSSR count). The van der Waals surface area contributed by atoms with E-state index in [-0.39, 0.29) is 18.0 Å². The molecule has 130 valence electrons. The zero-order valence-corrected chi connectivity index (χ0v) is 14.4. The number of aryl methyl sites for hydroxylation is 1. The zero-order valence-electron chi connectivity index (χ0n) is 14.4. The van der Waals surface area contributed by atoms with E-state index in [2.05, 4.69) is 15.5 Å². The second kappa shape index (κ2) is 7.21. The molecule has 0 bridgehead atoms. The van der Waals surface area contributed by atoms with Crippen molar-refractivity contribution in [2.75, 3.05) is 31.5 Å². The van der Waals surface area contributed by atoms with Gasteiger partial charge in [0.15, 0.2) is 0 Å². The van der Waals surface area contributed by atoms with Gasteiger partial charge in [0, 0.05) is 37.9 Å². The van der Waals surface area contributed by atoms with Crippen molar-refractivity contribution in [2.45, 2.75) is 38.8 Å². The van der Waals surface area contributed by atoms with Crippen LogP contribution < -0.4 is 10.6 Å². The molecule has 1 aromatic rings. The molecule has 2 fully saturated rings. The van der Waals surface area contributed by atoms with Gasteiger partial charge in [0.25, 0.3) is 0 Å². The molecule has 0 spiro atoms. The molecule has 0 radical (unpaired) electrons. The molecule has 2 aliphatic rings. The number of hydrogen-bond donors (Lipinski definition) is 2. The molecule has 24 heavy (non-hydrogen) atoms. The Morgan fingerprint density at radius 1 is 1.08 bits per heavy atom. The number of piperazine rings is 1. The molecule has 0 aromatic heterocycles. The van der Waals surface area contributed by atoms with Crippen LogP contribution in [0.1, 0.15) is 25.3 Å². The molecule has 1 aromatic carbocycles. The Hall–Kier alpha value is -2.08. The van der Waals surface area contributed by atoms with E-state index in [0.717, 1.165) is 31.6 Å². The fourth-order valence-electron chi connectivity index (χ4n) is 2.87. The molecule has 1 saturated carbocycles. The summed E-state index contributed by atoms with van der Waals surface area (Å²) in [6.45, 7) is 6.68. The van der Waals surface area contributed by atoms with Crippen molar-refractivity contribution in [3.8, 4) is 0 Å². The maximum Gasteiger partial charge on any atom is 0.321 e. The second-order valence-electron chi connectivity index (χ2n) is 6.78. The summed E-state index contributed by atoms with van der Waals surface area (Å²) in [5.41, 5.74) is 1.98. The zero-order chi connectivity index (χ0) is 17.1. The number of amides is 3. The number of benzene rings is 1. The minimum Gasteiger partial charge on any atom is -0.352 e. The third-order valence-electron chi connectivity index (χ3n) is 4.76. The van der Waals surface area contributed by atoms with Crippen LogP contribution in [0.5, 0.6) is 0 Å². The van der Waals surface area contributed by atoms with Crippen LogP contribution >= 0.6 is 0 Å². The molecule has 2 N–H and O–H groups in total. The number of urea groups is 1. The first kappa shape index (κ1) is 16.8. The third-order valence-corrected chi connectivity index (χ3v) is 4.76. The fourth-order valence-corrected chi connectivity index (χ4v) is 2.87. The number of nitrogens with zero attached hydrogens (tertiary/aromatic N) is 2. The molecule has 6 nitrogen and oxygen atoms in total. The highest BCUT2D eigenvalue weighted by Gasteiger charge is 2.30. The quantitative estimate of drug-likeness (QED) is 0.885. The molecule has 1 unspecified atom stereocenters. The summed E-state index contributed by atoms with van der Waals surface area (Å²) in [5, 5.41) is 5.98. The first-order valence-electron chi connectivity index (χ1n) is 8.70. The number of anilines is 1. The van der Waals surface area contributed by atoms with Crippen molar-refractivity contribution in [1.82, 2.24) is 15.1 Å². The van der Waals surface area contributed by atoms with Gasteiger partial charge in [-0.15, -0.1) is 0 Å². The summed E-state index contributed by atoms with van der Waals surface area (Å²) in [7, 11) is 0. The highest BCUT2D eigenvalue weighted by Crippen LogP contribution is 2.19. The second-order valence-corrected chi connectivity index (χ2v) is 6.78. The van der Waals surface area contributed by atoms with Gasteiger partial charge in [-0.05, 0) is 38.8 Å². The van der Waals surface area contributed by atoms with Crippen molar-refractivity contribution in [3.05, 3.63) is 29.8 Å². The number of nitrogens with one attached hydrogen (secondary N) is 2. The first-order chi connectivity index (χ1) is 11.5. The van der Waals surface area contributed by atoms with E-state index in [1.54, 1.807) is 0 Å². The molecule has 3 amide bonds. The molecule has 1 atom stereocenters. The van der Waals surface area contributed by atoms with Crippen molar-refractivity contribution in [3.63, 3.8) is 0 Å². The third kappa shape index (κ3) is 4.26. The minimum absolute atomic E-state index is 0.0754. The summed E-state index contributed by atoms with van der Waals surface area (Å²) >= 11 is 0. The number of hydrogen-bond acceptors (Lipinski definition) is 3. The lowest BCUT2D eigenvalue weighted by atomic mass is 10.2. The van der Waals surface area contributed by atoms with E-state index < -0.39 is 0 Å². The molecule has 1 saturated heterocycles. The predicted molar refractivity (Wildman–Crippen MR) is 94.0 cm³/mol. The van der Waals surface area contributed by atoms with Crippen LogP contribution in [-0.4, -0.2) is 60.0 Å². The average molecular weight is 330 g/mol. The van der Waals surface area contributed by atoms with Crippen molar-refractivity contribution < 1.29 is 9.59 Å². The molecule has 1 aliphatic carbocycles. The Balaban J connectivity index is 1.46. The Bertz CT molecular complexity index is 590. The van der Waals surface area contributed by atoms with Crippen LogP contribution in [0.3, 0.4) is 0 Å². The summed E-state index contributed by atoms with van der Waals surface area (Å²) in [6, 6.07) is 7.96. The van der Waals surface area contributed by atoms with E-state index in [4.69, 9.17) is 0 Å².